The summed E-state index contributed by atoms with van der Waals surface area (Å²) < 4.78 is 0. The fourth-order valence-corrected chi connectivity index (χ4v) is 3.10. The Morgan fingerprint density at radius 1 is 1.15 bits per heavy atom. The number of hydrogen-bond acceptors (Lipinski definition) is 3. The minimum atomic E-state index is -0.291. The van der Waals surface area contributed by atoms with Gasteiger partial charge in [0, 0.05) is 31.7 Å². The number of pyridine rings is 1. The van der Waals surface area contributed by atoms with Gasteiger partial charge in [-0.15, -0.1) is 0 Å². The normalized spacial score (nSPS) is 18.3. The van der Waals surface area contributed by atoms with E-state index in [9.17, 15) is 9.59 Å². The predicted octanol–water partition coefficient (Wildman–Crippen LogP) is 3.66. The number of hydrogen-bond donors (Lipinski definition) is 1. The quantitative estimate of drug-likeness (QED) is 0.816. The van der Waals surface area contributed by atoms with Crippen molar-refractivity contribution in [3.8, 4) is 0 Å². The van der Waals surface area contributed by atoms with Gasteiger partial charge < -0.3 is 10.2 Å². The number of nitrogens with one attached hydrogen (secondary N) is 1. The van der Waals surface area contributed by atoms with Crippen LogP contribution in [0.4, 0.5) is 5.69 Å². The van der Waals surface area contributed by atoms with E-state index < -0.39 is 0 Å². The second-order valence-electron chi connectivity index (χ2n) is 6.43. The summed E-state index contributed by atoms with van der Waals surface area (Å²) in [7, 11) is 1.77. The lowest BCUT2D eigenvalue weighted by Gasteiger charge is -2.17. The number of halogens is 2. The second-order valence-corrected chi connectivity index (χ2v) is 7.25. The minimum absolute atomic E-state index is 0.00773. The van der Waals surface area contributed by atoms with Gasteiger partial charge in [0.1, 0.15) is 0 Å². The SMILES string of the molecule is CN(CCc1ccncc1)C(=O)C1CC1C(=O)Nc1ccc(Cl)c(Cl)c1. The van der Waals surface area contributed by atoms with Crippen molar-refractivity contribution in [2.75, 3.05) is 18.9 Å². The van der Waals surface area contributed by atoms with Crippen molar-refractivity contribution in [2.45, 2.75) is 12.8 Å². The smallest absolute Gasteiger partial charge is 0.228 e. The molecule has 1 aromatic heterocycles. The van der Waals surface area contributed by atoms with Crippen LogP contribution >= 0.6 is 23.2 Å². The predicted molar refractivity (Wildman–Crippen MR) is 102 cm³/mol. The van der Waals surface area contributed by atoms with Gasteiger partial charge in [-0.2, -0.15) is 0 Å². The first-order valence-corrected chi connectivity index (χ1v) is 9.11. The largest absolute Gasteiger partial charge is 0.345 e. The lowest BCUT2D eigenvalue weighted by atomic mass is 10.2. The molecule has 1 saturated carbocycles. The highest BCUT2D eigenvalue weighted by Crippen LogP contribution is 2.41. The monoisotopic (exact) mass is 391 g/mol. The summed E-state index contributed by atoms with van der Waals surface area (Å²) in [5.41, 5.74) is 1.71. The molecular formula is C19H19Cl2N3O2. The van der Waals surface area contributed by atoms with Gasteiger partial charge >= 0.3 is 0 Å². The Kier molecular flexibility index (Phi) is 5.79. The number of amides is 2. The lowest BCUT2D eigenvalue weighted by molar-refractivity contribution is -0.132. The molecule has 2 aromatic rings. The van der Waals surface area contributed by atoms with Crippen molar-refractivity contribution >= 4 is 40.7 Å². The maximum Gasteiger partial charge on any atom is 0.228 e. The van der Waals surface area contributed by atoms with E-state index in [2.05, 4.69) is 10.3 Å². The zero-order valence-electron chi connectivity index (χ0n) is 14.3. The third kappa shape index (κ3) is 4.54. The number of carbonyl (C=O) groups is 2. The summed E-state index contributed by atoms with van der Waals surface area (Å²) in [6.07, 6.45) is 4.81. The molecule has 0 bridgehead atoms. The van der Waals surface area contributed by atoms with Crippen molar-refractivity contribution in [1.82, 2.24) is 9.88 Å². The summed E-state index contributed by atoms with van der Waals surface area (Å²) in [5, 5.41) is 3.60. The molecule has 2 amide bonds. The number of likely N-dealkylation sites (N-methyl/N-ethyl adjacent to an activating group) is 1. The van der Waals surface area contributed by atoms with Crippen molar-refractivity contribution in [3.05, 3.63) is 58.3 Å². The molecule has 0 saturated heterocycles. The molecule has 0 spiro atoms. The average Bonchev–Trinajstić information content (AvgIpc) is 3.44. The van der Waals surface area contributed by atoms with E-state index in [1.807, 2.05) is 12.1 Å². The highest BCUT2D eigenvalue weighted by molar-refractivity contribution is 6.42. The van der Waals surface area contributed by atoms with E-state index in [1.165, 1.54) is 0 Å². The molecule has 136 valence electrons. The standard InChI is InChI=1S/C19H19Cl2N3O2/c1-24(9-6-12-4-7-22-8-5-12)19(26)15-11-14(15)18(25)23-13-2-3-16(20)17(21)10-13/h2-5,7-8,10,14-15H,6,9,11H2,1H3,(H,23,25). The fourth-order valence-electron chi connectivity index (χ4n) is 2.81. The average molecular weight is 392 g/mol. The van der Waals surface area contributed by atoms with Crippen molar-refractivity contribution in [2.24, 2.45) is 11.8 Å². The van der Waals surface area contributed by atoms with Crippen LogP contribution in [0.5, 0.6) is 0 Å². The maximum atomic E-state index is 12.5. The van der Waals surface area contributed by atoms with Crippen LogP contribution in [0.2, 0.25) is 10.0 Å². The summed E-state index contributed by atoms with van der Waals surface area (Å²) in [6, 6.07) is 8.78. The van der Waals surface area contributed by atoms with Crippen LogP contribution in [0.1, 0.15) is 12.0 Å². The molecule has 1 aliphatic carbocycles. The number of rotatable bonds is 6. The first kappa shape index (κ1) is 18.7. The van der Waals surface area contributed by atoms with Crippen molar-refractivity contribution < 1.29 is 9.59 Å². The van der Waals surface area contributed by atoms with Gasteiger partial charge in [0.2, 0.25) is 11.8 Å². The highest BCUT2D eigenvalue weighted by atomic mass is 35.5. The van der Waals surface area contributed by atoms with E-state index in [-0.39, 0.29) is 23.7 Å². The van der Waals surface area contributed by atoms with Crippen LogP contribution in [0.3, 0.4) is 0 Å². The van der Waals surface area contributed by atoms with Crippen LogP contribution in [0, 0.1) is 11.8 Å². The van der Waals surface area contributed by atoms with Gasteiger partial charge in [0.25, 0.3) is 0 Å². The second kappa shape index (κ2) is 8.06. The highest BCUT2D eigenvalue weighted by Gasteiger charge is 2.49. The van der Waals surface area contributed by atoms with Crippen molar-refractivity contribution in [1.29, 1.82) is 0 Å². The van der Waals surface area contributed by atoms with E-state index in [0.717, 1.165) is 12.0 Å². The molecular weight excluding hydrogens is 373 g/mol. The Hall–Kier alpha value is -2.11. The number of carbonyl (C=O) groups excluding carboxylic acids is 2. The zero-order chi connectivity index (χ0) is 18.7. The number of nitrogens with zero attached hydrogens (tertiary/aromatic N) is 2. The Morgan fingerprint density at radius 3 is 2.58 bits per heavy atom. The Labute approximate surface area is 162 Å². The van der Waals surface area contributed by atoms with Crippen LogP contribution in [0.15, 0.2) is 42.7 Å². The molecule has 1 N–H and O–H groups in total. The third-order valence-corrected chi connectivity index (χ3v) is 5.23. The number of benzene rings is 1. The summed E-state index contributed by atoms with van der Waals surface area (Å²) in [6.45, 7) is 0.612. The minimum Gasteiger partial charge on any atom is -0.345 e. The van der Waals surface area contributed by atoms with Gasteiger partial charge in [-0.05, 0) is 48.7 Å². The first-order chi connectivity index (χ1) is 12.5. The first-order valence-electron chi connectivity index (χ1n) is 8.35. The van der Waals surface area contributed by atoms with E-state index in [1.54, 1.807) is 42.5 Å². The molecule has 26 heavy (non-hydrogen) atoms. The molecule has 1 heterocycles. The summed E-state index contributed by atoms with van der Waals surface area (Å²) >= 11 is 11.8. The molecule has 5 nitrogen and oxygen atoms in total. The molecule has 2 atom stereocenters. The van der Waals surface area contributed by atoms with Gasteiger partial charge in [-0.3, -0.25) is 14.6 Å². The zero-order valence-corrected chi connectivity index (χ0v) is 15.8. The summed E-state index contributed by atoms with van der Waals surface area (Å²) in [4.78, 5) is 30.5. The van der Waals surface area contributed by atoms with Gasteiger partial charge in [-0.1, -0.05) is 23.2 Å². The Balaban J connectivity index is 1.49. The Bertz CT molecular complexity index is 814. The maximum absolute atomic E-state index is 12.5. The van der Waals surface area contributed by atoms with Gasteiger partial charge in [-0.25, -0.2) is 0 Å². The molecule has 3 rings (SSSR count). The molecule has 1 fully saturated rings. The molecule has 0 aliphatic heterocycles. The van der Waals surface area contributed by atoms with Crippen LogP contribution < -0.4 is 5.32 Å². The van der Waals surface area contributed by atoms with Crippen LogP contribution in [0.25, 0.3) is 0 Å². The number of aromatic nitrogens is 1. The van der Waals surface area contributed by atoms with E-state index in [4.69, 9.17) is 23.2 Å². The third-order valence-electron chi connectivity index (χ3n) is 4.49. The molecule has 0 radical (unpaired) electrons. The van der Waals surface area contributed by atoms with Gasteiger partial charge in [0.15, 0.2) is 0 Å². The fraction of sp³-hybridized carbons (Fsp3) is 0.316. The molecule has 1 aromatic carbocycles. The molecule has 1 aliphatic rings. The van der Waals surface area contributed by atoms with E-state index in [0.29, 0.717) is 28.7 Å². The molecule has 2 unspecified atom stereocenters. The van der Waals surface area contributed by atoms with Crippen LogP contribution in [-0.4, -0.2) is 35.3 Å². The molecule has 7 heteroatoms. The Morgan fingerprint density at radius 2 is 1.88 bits per heavy atom. The summed E-state index contributed by atoms with van der Waals surface area (Å²) in [5.74, 6) is -0.696. The van der Waals surface area contributed by atoms with E-state index >= 15 is 0 Å². The topological polar surface area (TPSA) is 62.3 Å². The van der Waals surface area contributed by atoms with Crippen molar-refractivity contribution in [3.63, 3.8) is 0 Å². The number of anilines is 1. The van der Waals surface area contributed by atoms with Crippen LogP contribution in [-0.2, 0) is 16.0 Å². The lowest BCUT2D eigenvalue weighted by Crippen LogP contribution is -2.31. The van der Waals surface area contributed by atoms with Gasteiger partial charge in [0.05, 0.1) is 21.9 Å².